The minimum Gasteiger partial charge on any atom is -0.365 e. The van der Waals surface area contributed by atoms with Crippen LogP contribution in [0, 0.1) is 11.8 Å². The van der Waals surface area contributed by atoms with Crippen LogP contribution in [0.3, 0.4) is 0 Å². The zero-order valence-corrected chi connectivity index (χ0v) is 13.5. The molecule has 19 heavy (non-hydrogen) atoms. The van der Waals surface area contributed by atoms with Crippen molar-refractivity contribution in [2.75, 3.05) is 33.2 Å². The Bertz CT molecular complexity index is 302. The van der Waals surface area contributed by atoms with Gasteiger partial charge in [0.1, 0.15) is 0 Å². The lowest BCUT2D eigenvalue weighted by atomic mass is 9.99. The van der Waals surface area contributed by atoms with Gasteiger partial charge in [-0.1, -0.05) is 38.5 Å². The van der Waals surface area contributed by atoms with Crippen molar-refractivity contribution in [1.29, 1.82) is 0 Å². The minimum atomic E-state index is 0.714. The number of nitrogens with one attached hydrogen (secondary N) is 1. The Morgan fingerprint density at radius 2 is 2.21 bits per heavy atom. The monoisotopic (exact) mass is 283 g/mol. The van der Waals surface area contributed by atoms with Gasteiger partial charge in [-0.15, -0.1) is 0 Å². The van der Waals surface area contributed by atoms with Crippen molar-refractivity contribution in [3.8, 4) is 0 Å². The van der Waals surface area contributed by atoms with Gasteiger partial charge in [-0.05, 0) is 38.3 Å². The number of nitrogens with zero attached hydrogens (tertiary/aromatic N) is 2. The number of aliphatic imine (C=N–C) groups is 1. The van der Waals surface area contributed by atoms with Crippen LogP contribution in [0.15, 0.2) is 4.99 Å². The molecule has 4 heteroatoms. The lowest BCUT2D eigenvalue weighted by Crippen LogP contribution is -2.38. The summed E-state index contributed by atoms with van der Waals surface area (Å²) in [5, 5.41) is 5.50. The summed E-state index contributed by atoms with van der Waals surface area (Å²) in [5.74, 6) is 1.63. The molecule has 0 bridgehead atoms. The molecule has 0 amide bonds. The smallest absolute Gasteiger partial charge is 0.156 e. The molecule has 1 saturated heterocycles. The molecule has 0 saturated carbocycles. The van der Waals surface area contributed by atoms with Crippen LogP contribution in [0.5, 0.6) is 0 Å². The van der Waals surface area contributed by atoms with Gasteiger partial charge in [0.05, 0.1) is 6.54 Å². The fourth-order valence-corrected chi connectivity index (χ4v) is 4.55. The highest BCUT2D eigenvalue weighted by atomic mass is 32.2. The fraction of sp³-hybridized carbons (Fsp3) is 0.933. The molecule has 0 aromatic rings. The van der Waals surface area contributed by atoms with E-state index in [1.165, 1.54) is 43.9 Å². The van der Waals surface area contributed by atoms with Crippen LogP contribution in [-0.2, 0) is 0 Å². The fourth-order valence-electron chi connectivity index (χ4n) is 3.22. The quantitative estimate of drug-likeness (QED) is 0.841. The van der Waals surface area contributed by atoms with Crippen LogP contribution in [0.4, 0.5) is 0 Å². The van der Waals surface area contributed by atoms with Gasteiger partial charge in [0.15, 0.2) is 5.17 Å². The van der Waals surface area contributed by atoms with Crippen LogP contribution in [-0.4, -0.2) is 48.5 Å². The summed E-state index contributed by atoms with van der Waals surface area (Å²) in [6, 6.07) is 0. The second-order valence-electron chi connectivity index (χ2n) is 6.03. The van der Waals surface area contributed by atoms with E-state index in [-0.39, 0.29) is 0 Å². The summed E-state index contributed by atoms with van der Waals surface area (Å²) < 4.78 is 0. The predicted octanol–water partition coefficient (Wildman–Crippen LogP) is 2.83. The predicted molar refractivity (Wildman–Crippen MR) is 86.0 cm³/mol. The molecule has 2 aliphatic heterocycles. The maximum atomic E-state index is 4.69. The lowest BCUT2D eigenvalue weighted by Gasteiger charge is -2.29. The summed E-state index contributed by atoms with van der Waals surface area (Å²) in [6.07, 6.45) is 5.28. The van der Waals surface area contributed by atoms with Crippen LogP contribution >= 0.6 is 11.8 Å². The Hall–Kier alpha value is -0.220. The van der Waals surface area contributed by atoms with Crippen molar-refractivity contribution in [3.63, 3.8) is 0 Å². The summed E-state index contributed by atoms with van der Waals surface area (Å²) in [5.41, 5.74) is 0. The highest BCUT2D eigenvalue weighted by Gasteiger charge is 2.26. The number of likely N-dealkylation sites (tertiary alicyclic amines) is 1. The molecule has 2 heterocycles. The molecular weight excluding hydrogens is 254 g/mol. The highest BCUT2D eigenvalue weighted by Crippen LogP contribution is 2.30. The van der Waals surface area contributed by atoms with Gasteiger partial charge >= 0.3 is 0 Å². The van der Waals surface area contributed by atoms with Gasteiger partial charge in [0, 0.05) is 18.3 Å². The van der Waals surface area contributed by atoms with E-state index in [4.69, 9.17) is 4.99 Å². The van der Waals surface area contributed by atoms with Crippen molar-refractivity contribution < 1.29 is 0 Å². The molecule has 2 atom stereocenters. The third-order valence-electron chi connectivity index (χ3n) is 4.52. The molecule has 3 nitrogen and oxygen atoms in total. The summed E-state index contributed by atoms with van der Waals surface area (Å²) in [6.45, 7) is 9.23. The molecule has 110 valence electrons. The van der Waals surface area contributed by atoms with Gasteiger partial charge in [-0.25, -0.2) is 0 Å². The van der Waals surface area contributed by atoms with E-state index in [1.807, 2.05) is 11.8 Å². The zero-order chi connectivity index (χ0) is 13.7. The van der Waals surface area contributed by atoms with E-state index in [2.05, 4.69) is 31.1 Å². The molecule has 1 fully saturated rings. The van der Waals surface area contributed by atoms with Crippen molar-refractivity contribution in [1.82, 2.24) is 10.2 Å². The van der Waals surface area contributed by atoms with Gasteiger partial charge in [-0.3, -0.25) is 4.99 Å². The van der Waals surface area contributed by atoms with Gasteiger partial charge in [0.2, 0.25) is 0 Å². The molecule has 0 spiro atoms. The molecule has 0 aliphatic carbocycles. The molecule has 2 aliphatic rings. The average Bonchev–Trinajstić information content (AvgIpc) is 2.87. The van der Waals surface area contributed by atoms with Crippen LogP contribution in [0.25, 0.3) is 0 Å². The number of hydrogen-bond donors (Lipinski definition) is 1. The van der Waals surface area contributed by atoms with E-state index in [9.17, 15) is 0 Å². The third-order valence-corrected chi connectivity index (χ3v) is 5.85. The van der Waals surface area contributed by atoms with Gasteiger partial charge in [0.25, 0.3) is 0 Å². The lowest BCUT2D eigenvalue weighted by molar-refractivity contribution is 0.211. The first-order valence-corrected chi connectivity index (χ1v) is 8.74. The number of rotatable bonds is 5. The Balaban J connectivity index is 1.70. The molecule has 0 aromatic heterocycles. The second kappa shape index (κ2) is 7.53. The van der Waals surface area contributed by atoms with E-state index in [0.717, 1.165) is 24.9 Å². The number of piperidine rings is 1. The molecule has 0 radical (unpaired) electrons. The SMILES string of the molecule is CCC(CC)C1CN=C(NCC2CCCN(C)C2)S1. The zero-order valence-electron chi connectivity index (χ0n) is 12.7. The van der Waals surface area contributed by atoms with Crippen LogP contribution in [0.1, 0.15) is 39.5 Å². The number of amidine groups is 1. The molecule has 2 rings (SSSR count). The number of thioether (sulfide) groups is 1. The minimum absolute atomic E-state index is 0.714. The summed E-state index contributed by atoms with van der Waals surface area (Å²) in [7, 11) is 2.23. The number of hydrogen-bond acceptors (Lipinski definition) is 4. The second-order valence-corrected chi connectivity index (χ2v) is 7.26. The Kier molecular flexibility index (Phi) is 6.02. The molecule has 1 N–H and O–H groups in total. The summed E-state index contributed by atoms with van der Waals surface area (Å²) in [4.78, 5) is 7.14. The van der Waals surface area contributed by atoms with Crippen LogP contribution < -0.4 is 5.32 Å². The van der Waals surface area contributed by atoms with E-state index in [1.54, 1.807) is 0 Å². The van der Waals surface area contributed by atoms with Crippen molar-refractivity contribution in [3.05, 3.63) is 0 Å². The topological polar surface area (TPSA) is 27.6 Å². The molecular formula is C15H29N3S. The van der Waals surface area contributed by atoms with Crippen molar-refractivity contribution in [2.24, 2.45) is 16.8 Å². The maximum absolute atomic E-state index is 4.69. The maximum Gasteiger partial charge on any atom is 0.156 e. The first kappa shape index (κ1) is 15.2. The molecule has 2 unspecified atom stereocenters. The average molecular weight is 283 g/mol. The molecule has 0 aromatic carbocycles. The van der Waals surface area contributed by atoms with Gasteiger partial charge in [-0.2, -0.15) is 0 Å². The Labute approximate surface area is 122 Å². The van der Waals surface area contributed by atoms with Crippen LogP contribution in [0.2, 0.25) is 0 Å². The van der Waals surface area contributed by atoms with E-state index in [0.29, 0.717) is 5.25 Å². The Morgan fingerprint density at radius 3 is 2.89 bits per heavy atom. The van der Waals surface area contributed by atoms with E-state index < -0.39 is 0 Å². The first-order valence-electron chi connectivity index (χ1n) is 7.86. The summed E-state index contributed by atoms with van der Waals surface area (Å²) >= 11 is 1.98. The van der Waals surface area contributed by atoms with Crippen molar-refractivity contribution in [2.45, 2.75) is 44.8 Å². The van der Waals surface area contributed by atoms with Gasteiger partial charge < -0.3 is 10.2 Å². The largest absolute Gasteiger partial charge is 0.365 e. The highest BCUT2D eigenvalue weighted by molar-refractivity contribution is 8.14. The standard InChI is InChI=1S/C15H29N3S/c1-4-13(5-2)14-10-17-15(19-14)16-9-12-7-6-8-18(3)11-12/h12-14H,4-11H2,1-3H3,(H,16,17). The first-order chi connectivity index (χ1) is 9.22. The van der Waals surface area contributed by atoms with E-state index >= 15 is 0 Å². The normalized spacial score (nSPS) is 28.7. The third kappa shape index (κ3) is 4.38. The Morgan fingerprint density at radius 1 is 1.42 bits per heavy atom. The van der Waals surface area contributed by atoms with Crippen molar-refractivity contribution >= 4 is 16.9 Å².